The van der Waals surface area contributed by atoms with Gasteiger partial charge in [-0.05, 0) is 5.41 Å². The first-order valence-corrected chi connectivity index (χ1v) is 6.00. The van der Waals surface area contributed by atoms with Crippen molar-refractivity contribution >= 4 is 5.90 Å². The zero-order valence-corrected chi connectivity index (χ0v) is 12.7. The fraction of sp³-hybridized carbons (Fsp3) is 0.353. The molecule has 2 aromatic carbocycles. The molecule has 0 aromatic heterocycles. The molecule has 2 aromatic rings. The molecule has 0 unspecified atom stereocenters. The molecule has 1 aliphatic rings. The van der Waals surface area contributed by atoms with E-state index in [2.05, 4.69) is 74.3 Å². The third-order valence-corrected chi connectivity index (χ3v) is 2.65. The molecular formula is C17H13FeNO-8. The van der Waals surface area contributed by atoms with Crippen LogP contribution in [0.2, 0.25) is 0 Å². The minimum absolute atomic E-state index is 0. The van der Waals surface area contributed by atoms with Crippen molar-refractivity contribution in [3.63, 3.8) is 0 Å². The first-order chi connectivity index (χ1) is 9.07. The predicted octanol–water partition coefficient (Wildman–Crippen LogP) is 2.40. The molecule has 0 fully saturated rings. The van der Waals surface area contributed by atoms with E-state index < -0.39 is 0 Å². The topological polar surface area (TPSA) is 21.6 Å². The Kier molecular flexibility index (Phi) is 6.25. The van der Waals surface area contributed by atoms with Gasteiger partial charge in [-0.15, -0.1) is 0 Å². The van der Waals surface area contributed by atoms with Gasteiger partial charge in [-0.25, -0.2) is 5.90 Å². The monoisotopic (exact) mass is 303 g/mol. The van der Waals surface area contributed by atoms with E-state index in [0.29, 0.717) is 12.5 Å². The van der Waals surface area contributed by atoms with Crippen molar-refractivity contribution in [1.82, 2.24) is 0 Å². The molecule has 0 bridgehead atoms. The van der Waals surface area contributed by atoms with Crippen LogP contribution >= 0.6 is 0 Å². The molecule has 0 saturated carbocycles. The Balaban J connectivity index is 0.000000283. The first-order valence-electron chi connectivity index (χ1n) is 6.00. The molecule has 0 N–H and O–H groups in total. The summed E-state index contributed by atoms with van der Waals surface area (Å²) in [6, 6.07) is 23.3. The van der Waals surface area contributed by atoms with Gasteiger partial charge in [0.25, 0.3) is 0 Å². The number of nitrogens with zero attached hydrogens (tertiary/aromatic N) is 1. The van der Waals surface area contributed by atoms with Crippen LogP contribution in [-0.4, -0.2) is 18.5 Å². The van der Waals surface area contributed by atoms with Crippen LogP contribution in [0.1, 0.15) is 26.3 Å². The summed E-state index contributed by atoms with van der Waals surface area (Å²) in [7, 11) is 0. The Morgan fingerprint density at radius 2 is 1.75 bits per heavy atom. The van der Waals surface area contributed by atoms with E-state index in [1.54, 1.807) is 6.07 Å². The van der Waals surface area contributed by atoms with Crippen molar-refractivity contribution in [2.45, 2.75) is 26.8 Å². The van der Waals surface area contributed by atoms with E-state index in [4.69, 9.17) is 4.74 Å². The Labute approximate surface area is 132 Å². The minimum atomic E-state index is 0. The smallest absolute Gasteiger partial charge is 0.999 e. The summed E-state index contributed by atoms with van der Waals surface area (Å²) in [6.07, 6.45) is 0. The normalized spacial score (nSPS) is 17.4. The zero-order chi connectivity index (χ0) is 13.7. The standard InChI is InChI=1S/C12H12NO.C5H.Fe/c1-12(2,3)10-8-14-11(13-10)9-6-4-5-7-9;1-2-4-5-3-1;/h10H,8H2,1-3H3;1H;/q2*-5;+2/t10-;;/m1../s1. The molecule has 2 nitrogen and oxygen atoms in total. The largest absolute Gasteiger partial charge is 2.00 e. The van der Waals surface area contributed by atoms with E-state index in [1.807, 2.05) is 0 Å². The van der Waals surface area contributed by atoms with Crippen molar-refractivity contribution in [1.29, 1.82) is 0 Å². The van der Waals surface area contributed by atoms with Gasteiger partial charge in [0, 0.05) is 0 Å². The molecule has 0 spiro atoms. The van der Waals surface area contributed by atoms with Gasteiger partial charge < -0.3 is 69.9 Å². The molecular weight excluding hydrogens is 290 g/mol. The van der Waals surface area contributed by atoms with Gasteiger partial charge in [-0.1, -0.05) is 20.8 Å². The summed E-state index contributed by atoms with van der Waals surface area (Å²) < 4.78 is 5.48. The third-order valence-electron chi connectivity index (χ3n) is 2.65. The Morgan fingerprint density at radius 3 is 2.15 bits per heavy atom. The average Bonchev–Trinajstić information content (AvgIpc) is 3.13. The molecule has 3 rings (SSSR count). The van der Waals surface area contributed by atoms with Crippen molar-refractivity contribution in [2.75, 3.05) is 6.61 Å². The van der Waals surface area contributed by atoms with Crippen LogP contribution in [0.4, 0.5) is 0 Å². The molecule has 1 heterocycles. The Morgan fingerprint density at radius 1 is 1.15 bits per heavy atom. The molecule has 1 atom stereocenters. The van der Waals surface area contributed by atoms with Crippen molar-refractivity contribution < 1.29 is 21.8 Å². The van der Waals surface area contributed by atoms with Gasteiger partial charge in [-0.2, -0.15) is 0 Å². The molecule has 0 radical (unpaired) electrons. The molecule has 108 valence electrons. The average molecular weight is 303 g/mol. The molecule has 0 saturated heterocycles. The molecule has 1 aliphatic heterocycles. The quantitative estimate of drug-likeness (QED) is 0.585. The van der Waals surface area contributed by atoms with Gasteiger partial charge in [0.2, 0.25) is 0 Å². The zero-order valence-electron chi connectivity index (χ0n) is 11.6. The maximum Gasteiger partial charge on any atom is 2.00 e. The van der Waals surface area contributed by atoms with Crippen LogP contribution in [0, 0.1) is 53.9 Å². The summed E-state index contributed by atoms with van der Waals surface area (Å²) in [5.74, 6) is 0.627. The Hall–Kier alpha value is -1.31. The second-order valence-electron chi connectivity index (χ2n) is 5.19. The maximum atomic E-state index is 5.48. The summed E-state index contributed by atoms with van der Waals surface area (Å²) >= 11 is 0. The molecule has 0 aliphatic carbocycles. The summed E-state index contributed by atoms with van der Waals surface area (Å²) in [5.41, 5.74) is 0.874. The summed E-state index contributed by atoms with van der Waals surface area (Å²) in [5, 5.41) is 0. The molecule has 0 amide bonds. The van der Waals surface area contributed by atoms with Crippen molar-refractivity contribution in [3.05, 3.63) is 60.2 Å². The fourth-order valence-electron chi connectivity index (χ4n) is 1.46. The maximum absolute atomic E-state index is 5.48. The SMILES string of the molecule is CC(C)(C)[C@H]1COC([c-]2[c-][c-][c-][c-]2)=N1.[Fe+2].[c-]1[c-][c-][cH-][c-]1. The first kappa shape index (κ1) is 16.7. The van der Waals surface area contributed by atoms with Crippen molar-refractivity contribution in [3.8, 4) is 0 Å². The summed E-state index contributed by atoms with van der Waals surface area (Å²) in [4.78, 5) is 4.49. The van der Waals surface area contributed by atoms with Gasteiger partial charge in [0.1, 0.15) is 0 Å². The van der Waals surface area contributed by atoms with Crippen LogP contribution < -0.4 is 0 Å². The van der Waals surface area contributed by atoms with E-state index in [0.717, 1.165) is 5.56 Å². The second-order valence-corrected chi connectivity index (χ2v) is 5.19. The van der Waals surface area contributed by atoms with Crippen LogP contribution in [0.25, 0.3) is 0 Å². The minimum Gasteiger partial charge on any atom is -0.999 e. The molecule has 20 heavy (non-hydrogen) atoms. The third kappa shape index (κ3) is 4.66. The van der Waals surface area contributed by atoms with Gasteiger partial charge >= 0.3 is 17.1 Å². The number of rotatable bonds is 1. The van der Waals surface area contributed by atoms with E-state index in [9.17, 15) is 0 Å². The predicted molar refractivity (Wildman–Crippen MR) is 70.5 cm³/mol. The number of ether oxygens (including phenoxy) is 1. The summed E-state index contributed by atoms with van der Waals surface area (Å²) in [6.45, 7) is 7.12. The van der Waals surface area contributed by atoms with Crippen LogP contribution in [0.15, 0.2) is 11.1 Å². The fourth-order valence-corrected chi connectivity index (χ4v) is 1.46. The van der Waals surface area contributed by atoms with E-state index in [1.165, 1.54) is 0 Å². The number of hydrogen-bond donors (Lipinski definition) is 0. The van der Waals surface area contributed by atoms with Crippen LogP contribution in [0.3, 0.4) is 0 Å². The van der Waals surface area contributed by atoms with Gasteiger partial charge in [0.05, 0.1) is 12.6 Å². The van der Waals surface area contributed by atoms with Gasteiger partial charge in [-0.3, -0.25) is 0 Å². The second kappa shape index (κ2) is 7.47. The van der Waals surface area contributed by atoms with Gasteiger partial charge in [0.15, 0.2) is 0 Å². The number of aliphatic imine (C=N–C) groups is 1. The van der Waals surface area contributed by atoms with Crippen LogP contribution in [0.5, 0.6) is 0 Å². The van der Waals surface area contributed by atoms with E-state index >= 15 is 0 Å². The van der Waals surface area contributed by atoms with E-state index in [-0.39, 0.29) is 28.5 Å². The van der Waals surface area contributed by atoms with Crippen molar-refractivity contribution in [2.24, 2.45) is 10.4 Å². The molecule has 3 heteroatoms. The van der Waals surface area contributed by atoms with Crippen LogP contribution in [-0.2, 0) is 21.8 Å². The number of hydrogen-bond acceptors (Lipinski definition) is 2. The Bertz CT molecular complexity index is 474.